The molecule has 7 nitrogen and oxygen atoms in total. The van der Waals surface area contributed by atoms with Gasteiger partial charge in [0.25, 0.3) is 0 Å². The van der Waals surface area contributed by atoms with E-state index in [2.05, 4.69) is 21.9 Å². The van der Waals surface area contributed by atoms with Crippen molar-refractivity contribution in [3.8, 4) is 0 Å². The predicted molar refractivity (Wildman–Crippen MR) is 89.9 cm³/mol. The summed E-state index contributed by atoms with van der Waals surface area (Å²) in [6.07, 6.45) is 9.81. The van der Waals surface area contributed by atoms with E-state index in [0.717, 1.165) is 6.42 Å². The summed E-state index contributed by atoms with van der Waals surface area (Å²) in [5.41, 5.74) is 6.94. The molecule has 0 aliphatic rings. The fourth-order valence-electron chi connectivity index (χ4n) is 2.52. The highest BCUT2D eigenvalue weighted by Gasteiger charge is 2.11. The van der Waals surface area contributed by atoms with Gasteiger partial charge >= 0.3 is 0 Å². The molecule has 0 radical (unpaired) electrons. The third-order valence-corrected chi connectivity index (χ3v) is 3.79. The first-order chi connectivity index (χ1) is 11.2. The molecule has 0 spiro atoms. The van der Waals surface area contributed by atoms with Crippen LogP contribution in [-0.4, -0.2) is 43.9 Å². The van der Waals surface area contributed by atoms with Gasteiger partial charge in [-0.25, -0.2) is 15.0 Å². The molecule has 0 fully saturated rings. The standard InChI is InChI=1S/C16H27N5O2/c1-2-3-4-5-6-7-8-23-10-13(22)9-21-12-20-14-15(17)18-11-19-16(14)21/h11-13,22H,2-10H2,1H3,(H2,17,18,19). The van der Waals surface area contributed by atoms with Crippen LogP contribution in [0.3, 0.4) is 0 Å². The number of aliphatic hydroxyl groups excluding tert-OH is 1. The molecule has 0 bridgehead atoms. The van der Waals surface area contributed by atoms with Gasteiger partial charge in [0.15, 0.2) is 11.5 Å². The smallest absolute Gasteiger partial charge is 0.165 e. The lowest BCUT2D eigenvalue weighted by atomic mass is 10.1. The summed E-state index contributed by atoms with van der Waals surface area (Å²) in [6.45, 7) is 3.61. The lowest BCUT2D eigenvalue weighted by Gasteiger charge is -2.12. The number of imidazole rings is 1. The molecule has 23 heavy (non-hydrogen) atoms. The van der Waals surface area contributed by atoms with Gasteiger partial charge in [0.1, 0.15) is 11.8 Å². The number of hydrogen-bond acceptors (Lipinski definition) is 6. The molecular weight excluding hydrogens is 294 g/mol. The molecule has 2 rings (SSSR count). The molecular formula is C16H27N5O2. The second-order valence-electron chi connectivity index (χ2n) is 5.82. The van der Waals surface area contributed by atoms with E-state index < -0.39 is 6.10 Å². The number of nitrogens with zero attached hydrogens (tertiary/aromatic N) is 4. The van der Waals surface area contributed by atoms with Gasteiger partial charge in [0, 0.05) is 6.61 Å². The zero-order valence-electron chi connectivity index (χ0n) is 13.8. The van der Waals surface area contributed by atoms with E-state index in [4.69, 9.17) is 10.5 Å². The maximum atomic E-state index is 10.1. The number of rotatable bonds is 11. The number of fused-ring (bicyclic) bond motifs is 1. The van der Waals surface area contributed by atoms with Crippen LogP contribution in [0.25, 0.3) is 11.2 Å². The molecule has 2 aromatic rings. The molecule has 1 atom stereocenters. The summed E-state index contributed by atoms with van der Waals surface area (Å²) >= 11 is 0. The van der Waals surface area contributed by atoms with Crippen molar-refractivity contribution in [1.29, 1.82) is 0 Å². The van der Waals surface area contributed by atoms with E-state index in [1.165, 1.54) is 38.4 Å². The molecule has 0 aliphatic heterocycles. The summed E-state index contributed by atoms with van der Waals surface area (Å²) in [5.74, 6) is 0.350. The van der Waals surface area contributed by atoms with Gasteiger partial charge in [-0.05, 0) is 6.42 Å². The summed E-state index contributed by atoms with van der Waals surface area (Å²) in [6, 6.07) is 0. The van der Waals surface area contributed by atoms with Crippen LogP contribution in [0.4, 0.5) is 5.82 Å². The van der Waals surface area contributed by atoms with Crippen molar-refractivity contribution < 1.29 is 9.84 Å². The largest absolute Gasteiger partial charge is 0.389 e. The first kappa shape index (κ1) is 17.6. The predicted octanol–water partition coefficient (Wildman–Crippen LogP) is 2.15. The Morgan fingerprint density at radius 3 is 2.78 bits per heavy atom. The zero-order chi connectivity index (χ0) is 16.5. The van der Waals surface area contributed by atoms with Crippen LogP contribution in [0.2, 0.25) is 0 Å². The molecule has 0 aromatic carbocycles. The van der Waals surface area contributed by atoms with Gasteiger partial charge in [-0.15, -0.1) is 0 Å². The topological polar surface area (TPSA) is 99.1 Å². The van der Waals surface area contributed by atoms with Crippen LogP contribution < -0.4 is 5.73 Å². The lowest BCUT2D eigenvalue weighted by molar-refractivity contribution is 0.0271. The molecule has 0 amide bonds. The fourth-order valence-corrected chi connectivity index (χ4v) is 2.52. The van der Waals surface area contributed by atoms with E-state index in [9.17, 15) is 5.11 Å². The highest BCUT2D eigenvalue weighted by molar-refractivity contribution is 5.81. The van der Waals surface area contributed by atoms with Gasteiger partial charge in [-0.2, -0.15) is 0 Å². The summed E-state index contributed by atoms with van der Waals surface area (Å²) in [7, 11) is 0. The number of aliphatic hydroxyl groups is 1. The number of anilines is 1. The molecule has 1 unspecified atom stereocenters. The van der Waals surface area contributed by atoms with Crippen LogP contribution in [0.15, 0.2) is 12.7 Å². The number of hydrogen-bond donors (Lipinski definition) is 2. The average Bonchev–Trinajstić information content (AvgIpc) is 2.94. The second kappa shape index (κ2) is 9.42. The number of unbranched alkanes of at least 4 members (excludes halogenated alkanes) is 5. The molecule has 0 aliphatic carbocycles. The Bertz CT molecular complexity index is 587. The maximum Gasteiger partial charge on any atom is 0.165 e. The van der Waals surface area contributed by atoms with Gasteiger partial charge in [-0.1, -0.05) is 39.0 Å². The molecule has 0 saturated heterocycles. The van der Waals surface area contributed by atoms with Crippen LogP contribution in [0, 0.1) is 0 Å². The first-order valence-corrected chi connectivity index (χ1v) is 8.39. The monoisotopic (exact) mass is 321 g/mol. The van der Waals surface area contributed by atoms with Crippen LogP contribution in [-0.2, 0) is 11.3 Å². The SMILES string of the molecule is CCCCCCCCOCC(O)Cn1cnc2c(N)ncnc21. The summed E-state index contributed by atoms with van der Waals surface area (Å²) in [4.78, 5) is 12.2. The highest BCUT2D eigenvalue weighted by Crippen LogP contribution is 2.14. The Hall–Kier alpha value is -1.73. The Labute approximate surface area is 136 Å². The molecule has 7 heteroatoms. The van der Waals surface area contributed by atoms with Crippen LogP contribution >= 0.6 is 0 Å². The molecule has 3 N–H and O–H groups in total. The number of nitrogens with two attached hydrogens (primary N) is 1. The molecule has 128 valence electrons. The summed E-state index contributed by atoms with van der Waals surface area (Å²) < 4.78 is 7.32. The van der Waals surface area contributed by atoms with Gasteiger partial charge in [-0.3, -0.25) is 0 Å². The fraction of sp³-hybridized carbons (Fsp3) is 0.688. The van der Waals surface area contributed by atoms with E-state index in [1.807, 2.05) is 0 Å². The van der Waals surface area contributed by atoms with Crippen LogP contribution in [0.1, 0.15) is 45.4 Å². The van der Waals surface area contributed by atoms with Gasteiger partial charge < -0.3 is 20.1 Å². The minimum absolute atomic E-state index is 0.315. The van der Waals surface area contributed by atoms with Crippen molar-refractivity contribution in [2.75, 3.05) is 18.9 Å². The minimum Gasteiger partial charge on any atom is -0.389 e. The van der Waals surface area contributed by atoms with E-state index in [-0.39, 0.29) is 0 Å². The van der Waals surface area contributed by atoms with Crippen molar-refractivity contribution in [3.05, 3.63) is 12.7 Å². The molecule has 0 saturated carbocycles. The van der Waals surface area contributed by atoms with Crippen molar-refractivity contribution in [3.63, 3.8) is 0 Å². The van der Waals surface area contributed by atoms with Crippen molar-refractivity contribution in [1.82, 2.24) is 19.5 Å². The van der Waals surface area contributed by atoms with Crippen LogP contribution in [0.5, 0.6) is 0 Å². The van der Waals surface area contributed by atoms with Crippen molar-refractivity contribution in [2.24, 2.45) is 0 Å². The Morgan fingerprint density at radius 2 is 1.96 bits per heavy atom. The van der Waals surface area contributed by atoms with E-state index in [0.29, 0.717) is 36.7 Å². The molecule has 2 heterocycles. The van der Waals surface area contributed by atoms with E-state index >= 15 is 0 Å². The quantitative estimate of drug-likeness (QED) is 0.615. The van der Waals surface area contributed by atoms with Gasteiger partial charge in [0.05, 0.1) is 25.6 Å². The Morgan fingerprint density at radius 1 is 1.17 bits per heavy atom. The second-order valence-corrected chi connectivity index (χ2v) is 5.82. The number of nitrogen functional groups attached to an aromatic ring is 1. The summed E-state index contributed by atoms with van der Waals surface area (Å²) in [5, 5.41) is 10.1. The Balaban J connectivity index is 1.66. The van der Waals surface area contributed by atoms with Crippen molar-refractivity contribution in [2.45, 2.75) is 58.1 Å². The maximum absolute atomic E-state index is 10.1. The average molecular weight is 321 g/mol. The zero-order valence-corrected chi connectivity index (χ0v) is 13.8. The third-order valence-electron chi connectivity index (χ3n) is 3.79. The highest BCUT2D eigenvalue weighted by atomic mass is 16.5. The minimum atomic E-state index is -0.594. The number of ether oxygens (including phenoxy) is 1. The Kier molecular flexibility index (Phi) is 7.22. The lowest BCUT2D eigenvalue weighted by Crippen LogP contribution is -2.22. The van der Waals surface area contributed by atoms with E-state index in [1.54, 1.807) is 10.9 Å². The number of aromatic nitrogens is 4. The van der Waals surface area contributed by atoms with Crippen molar-refractivity contribution >= 4 is 17.0 Å². The van der Waals surface area contributed by atoms with Gasteiger partial charge in [0.2, 0.25) is 0 Å². The normalized spacial score (nSPS) is 12.8. The molecule has 2 aromatic heterocycles. The third kappa shape index (κ3) is 5.44. The first-order valence-electron chi connectivity index (χ1n) is 8.39.